The number of amides is 1. The number of fused-ring (bicyclic) bond motifs is 1. The molecular weight excluding hydrogens is 252 g/mol. The van der Waals surface area contributed by atoms with Crippen LogP contribution >= 0.6 is 0 Å². The molecule has 2 N–H and O–H groups in total. The van der Waals surface area contributed by atoms with E-state index < -0.39 is 11.1 Å². The van der Waals surface area contributed by atoms with Crippen molar-refractivity contribution in [3.05, 3.63) is 29.3 Å². The molecular formula is C16H24N2O2. The first kappa shape index (κ1) is 14.9. The fraction of sp³-hybridized carbons (Fsp3) is 0.562. The Hall–Kier alpha value is -1.55. The summed E-state index contributed by atoms with van der Waals surface area (Å²) in [5.41, 5.74) is 8.51. The maximum Gasteiger partial charge on any atom is 0.414 e. The average Bonchev–Trinajstić information content (AvgIpc) is 2.68. The first-order chi connectivity index (χ1) is 9.09. The minimum absolute atomic E-state index is 0.289. The molecule has 0 atom stereocenters. The van der Waals surface area contributed by atoms with Crippen LogP contribution in [0.15, 0.2) is 18.2 Å². The molecule has 0 aliphatic carbocycles. The zero-order valence-electron chi connectivity index (χ0n) is 13.0. The number of anilines is 1. The summed E-state index contributed by atoms with van der Waals surface area (Å²) in [4.78, 5) is 14.0. The highest BCUT2D eigenvalue weighted by atomic mass is 16.6. The molecule has 0 fully saturated rings. The molecule has 2 rings (SSSR count). The normalized spacial score (nSPS) is 15.2. The van der Waals surface area contributed by atoms with E-state index in [-0.39, 0.29) is 6.09 Å². The standard InChI is InChI=1S/C16H24N2O2/c1-15(2,3)20-14(19)18-10-9-11-12(16(4,5)17)7-6-8-13(11)18/h6-8H,9-10,17H2,1-5H3. The van der Waals surface area contributed by atoms with Gasteiger partial charge in [-0.05, 0) is 58.2 Å². The topological polar surface area (TPSA) is 55.6 Å². The van der Waals surface area contributed by atoms with Crippen molar-refractivity contribution in [1.29, 1.82) is 0 Å². The van der Waals surface area contributed by atoms with Gasteiger partial charge in [0.25, 0.3) is 0 Å². The Labute approximate surface area is 120 Å². The van der Waals surface area contributed by atoms with Gasteiger partial charge in [0.1, 0.15) is 5.60 Å². The van der Waals surface area contributed by atoms with Gasteiger partial charge in [-0.3, -0.25) is 4.90 Å². The molecule has 0 radical (unpaired) electrons. The zero-order chi connectivity index (χ0) is 15.1. The second-order valence-corrected chi connectivity index (χ2v) is 6.91. The second-order valence-electron chi connectivity index (χ2n) is 6.91. The van der Waals surface area contributed by atoms with Gasteiger partial charge in [0.05, 0.1) is 5.69 Å². The number of rotatable bonds is 1. The van der Waals surface area contributed by atoms with Gasteiger partial charge >= 0.3 is 6.09 Å². The van der Waals surface area contributed by atoms with Gasteiger partial charge in [0.15, 0.2) is 0 Å². The van der Waals surface area contributed by atoms with Crippen LogP contribution in [0.5, 0.6) is 0 Å². The van der Waals surface area contributed by atoms with Gasteiger partial charge in [-0.25, -0.2) is 4.79 Å². The molecule has 0 unspecified atom stereocenters. The van der Waals surface area contributed by atoms with Crippen molar-refractivity contribution in [3.63, 3.8) is 0 Å². The fourth-order valence-corrected chi connectivity index (χ4v) is 2.54. The highest BCUT2D eigenvalue weighted by molar-refractivity contribution is 5.91. The van der Waals surface area contributed by atoms with Crippen LogP contribution < -0.4 is 10.6 Å². The summed E-state index contributed by atoms with van der Waals surface area (Å²) in [6, 6.07) is 5.95. The molecule has 1 aliphatic heterocycles. The maximum absolute atomic E-state index is 12.3. The van der Waals surface area contributed by atoms with Gasteiger partial charge in [-0.2, -0.15) is 0 Å². The molecule has 0 spiro atoms. The van der Waals surface area contributed by atoms with Crippen LogP contribution in [-0.4, -0.2) is 18.2 Å². The zero-order valence-corrected chi connectivity index (χ0v) is 13.0. The van der Waals surface area contributed by atoms with Crippen LogP contribution in [0, 0.1) is 0 Å². The SMILES string of the molecule is CC(C)(C)OC(=O)N1CCc2c1cccc2C(C)(C)N. The van der Waals surface area contributed by atoms with Gasteiger partial charge in [-0.1, -0.05) is 12.1 Å². The van der Waals surface area contributed by atoms with Crippen molar-refractivity contribution in [3.8, 4) is 0 Å². The lowest BCUT2D eigenvalue weighted by Gasteiger charge is -2.26. The van der Waals surface area contributed by atoms with Crippen LogP contribution in [0.3, 0.4) is 0 Å². The van der Waals surface area contributed by atoms with Crippen molar-refractivity contribution >= 4 is 11.8 Å². The smallest absolute Gasteiger partial charge is 0.414 e. The third kappa shape index (κ3) is 2.96. The number of nitrogens with two attached hydrogens (primary N) is 1. The number of benzene rings is 1. The van der Waals surface area contributed by atoms with Crippen LogP contribution in [0.2, 0.25) is 0 Å². The minimum atomic E-state index is -0.482. The minimum Gasteiger partial charge on any atom is -0.443 e. The molecule has 20 heavy (non-hydrogen) atoms. The maximum atomic E-state index is 12.3. The molecule has 110 valence electrons. The van der Waals surface area contributed by atoms with E-state index in [1.54, 1.807) is 4.90 Å². The number of nitrogens with zero attached hydrogens (tertiary/aromatic N) is 1. The Kier molecular flexibility index (Phi) is 3.54. The van der Waals surface area contributed by atoms with Crippen molar-refractivity contribution in [2.75, 3.05) is 11.4 Å². The lowest BCUT2D eigenvalue weighted by molar-refractivity contribution is 0.0584. The van der Waals surface area contributed by atoms with E-state index in [0.717, 1.165) is 23.2 Å². The second kappa shape index (κ2) is 4.77. The van der Waals surface area contributed by atoms with E-state index in [0.29, 0.717) is 6.54 Å². The van der Waals surface area contributed by atoms with Crippen LogP contribution in [0.25, 0.3) is 0 Å². The van der Waals surface area contributed by atoms with Crippen LogP contribution in [-0.2, 0) is 16.7 Å². The van der Waals surface area contributed by atoms with Gasteiger partial charge in [-0.15, -0.1) is 0 Å². The summed E-state index contributed by atoms with van der Waals surface area (Å²) in [6.45, 7) is 10.2. The molecule has 0 saturated heterocycles. The van der Waals surface area contributed by atoms with Crippen molar-refractivity contribution in [2.45, 2.75) is 52.2 Å². The fourth-order valence-electron chi connectivity index (χ4n) is 2.54. The largest absolute Gasteiger partial charge is 0.443 e. The van der Waals surface area contributed by atoms with Crippen LogP contribution in [0.4, 0.5) is 10.5 Å². The Balaban J connectivity index is 2.33. The summed E-state index contributed by atoms with van der Waals surface area (Å²) in [5.74, 6) is 0. The molecule has 1 aliphatic rings. The first-order valence-electron chi connectivity index (χ1n) is 7.01. The molecule has 1 amide bonds. The lowest BCUT2D eigenvalue weighted by Crippen LogP contribution is -2.35. The Bertz CT molecular complexity index is 524. The van der Waals surface area contributed by atoms with Crippen molar-refractivity contribution in [1.82, 2.24) is 0 Å². The summed E-state index contributed by atoms with van der Waals surface area (Å²) >= 11 is 0. The molecule has 4 heteroatoms. The predicted molar refractivity (Wildman–Crippen MR) is 80.9 cm³/mol. The molecule has 1 heterocycles. The summed E-state index contributed by atoms with van der Waals surface area (Å²) in [5, 5.41) is 0. The number of hydrogen-bond donors (Lipinski definition) is 1. The average molecular weight is 276 g/mol. The summed E-state index contributed by atoms with van der Waals surface area (Å²) in [6.07, 6.45) is 0.536. The van der Waals surface area contributed by atoms with Crippen molar-refractivity contribution < 1.29 is 9.53 Å². The Morgan fingerprint density at radius 3 is 2.45 bits per heavy atom. The van der Waals surface area contributed by atoms with Crippen molar-refractivity contribution in [2.24, 2.45) is 5.73 Å². The molecule has 1 aromatic carbocycles. The van der Waals surface area contributed by atoms with Gasteiger partial charge in [0.2, 0.25) is 0 Å². The van der Waals surface area contributed by atoms with Crippen LogP contribution in [0.1, 0.15) is 45.7 Å². The van der Waals surface area contributed by atoms with E-state index >= 15 is 0 Å². The van der Waals surface area contributed by atoms with Gasteiger partial charge in [0, 0.05) is 12.1 Å². The molecule has 0 saturated carbocycles. The van der Waals surface area contributed by atoms with E-state index in [4.69, 9.17) is 10.5 Å². The molecule has 1 aromatic rings. The summed E-state index contributed by atoms with van der Waals surface area (Å²) in [7, 11) is 0. The highest BCUT2D eigenvalue weighted by Gasteiger charge is 2.32. The third-order valence-electron chi connectivity index (χ3n) is 3.34. The molecule has 0 bridgehead atoms. The number of ether oxygens (including phenoxy) is 1. The quantitative estimate of drug-likeness (QED) is 0.857. The van der Waals surface area contributed by atoms with E-state index in [2.05, 4.69) is 0 Å². The third-order valence-corrected chi connectivity index (χ3v) is 3.34. The monoisotopic (exact) mass is 276 g/mol. The number of carbonyl (C=O) groups excluding carboxylic acids is 1. The van der Waals surface area contributed by atoms with E-state index in [1.165, 1.54) is 0 Å². The number of carbonyl (C=O) groups is 1. The Morgan fingerprint density at radius 2 is 1.90 bits per heavy atom. The van der Waals surface area contributed by atoms with Gasteiger partial charge < -0.3 is 10.5 Å². The summed E-state index contributed by atoms with van der Waals surface area (Å²) < 4.78 is 5.46. The Morgan fingerprint density at radius 1 is 1.25 bits per heavy atom. The lowest BCUT2D eigenvalue weighted by atomic mass is 9.90. The number of hydrogen-bond acceptors (Lipinski definition) is 3. The molecule has 0 aromatic heterocycles. The first-order valence-corrected chi connectivity index (χ1v) is 7.01. The highest BCUT2D eigenvalue weighted by Crippen LogP contribution is 2.35. The molecule has 4 nitrogen and oxygen atoms in total. The van der Waals surface area contributed by atoms with E-state index in [9.17, 15) is 4.79 Å². The predicted octanol–water partition coefficient (Wildman–Crippen LogP) is 3.18. The van der Waals surface area contributed by atoms with E-state index in [1.807, 2.05) is 52.8 Å².